The van der Waals surface area contributed by atoms with Gasteiger partial charge in [0.1, 0.15) is 12.0 Å². The maximum absolute atomic E-state index is 16.0. The highest BCUT2D eigenvalue weighted by atomic mass is 32.2. The van der Waals surface area contributed by atoms with E-state index in [0.717, 1.165) is 25.2 Å². The lowest BCUT2D eigenvalue weighted by atomic mass is 9.60. The number of hydrogen-bond acceptors (Lipinski definition) is 5. The fourth-order valence-corrected chi connectivity index (χ4v) is 12.0. The summed E-state index contributed by atoms with van der Waals surface area (Å²) >= 11 is 0. The Bertz CT molecular complexity index is 1160. The first-order chi connectivity index (χ1) is 19.9. The van der Waals surface area contributed by atoms with Gasteiger partial charge in [-0.2, -0.15) is 0 Å². The first-order valence-corrected chi connectivity index (χ1v) is 21.5. The summed E-state index contributed by atoms with van der Waals surface area (Å²) < 4.78 is 61.7. The molecule has 1 heterocycles. The highest BCUT2D eigenvalue weighted by molar-refractivity contribution is 7.93. The Morgan fingerprint density at radius 3 is 2.47 bits per heavy atom. The summed E-state index contributed by atoms with van der Waals surface area (Å²) in [5.41, 5.74) is 0.394. The SMILES string of the molecule is COCO[C@H]1C[C@H](O[Si](C)(C)C(C)(C)C)CC2=C1[C@H](F)S(=O)(=O)[C@H]2/C=C1\CCC[C@]2(C)[C@@H]([C@H](C)CCCC(C)C)CC[C@@H]12. The van der Waals surface area contributed by atoms with E-state index in [4.69, 9.17) is 13.9 Å². The fraction of sp³-hybridized carbons (Fsp3) is 0.886. The number of hydrogen-bond donors (Lipinski definition) is 0. The number of alkyl halides is 1. The molecule has 43 heavy (non-hydrogen) atoms. The van der Waals surface area contributed by atoms with Crippen molar-refractivity contribution >= 4 is 18.2 Å². The molecule has 0 unspecified atom stereocenters. The maximum Gasteiger partial charge on any atom is 0.225 e. The van der Waals surface area contributed by atoms with E-state index in [1.165, 1.54) is 44.8 Å². The minimum atomic E-state index is -4.08. The molecule has 0 N–H and O–H groups in total. The molecule has 0 bridgehead atoms. The number of fused-ring (bicyclic) bond motifs is 1. The third kappa shape index (κ3) is 7.08. The Morgan fingerprint density at radius 1 is 1.14 bits per heavy atom. The van der Waals surface area contributed by atoms with Crippen LogP contribution in [-0.4, -0.2) is 53.6 Å². The molecule has 8 atom stereocenters. The second kappa shape index (κ2) is 13.3. The third-order valence-electron chi connectivity index (χ3n) is 12.1. The van der Waals surface area contributed by atoms with Gasteiger partial charge in [0.05, 0.1) is 12.2 Å². The molecule has 0 aromatic carbocycles. The molecule has 1 aliphatic heterocycles. The Kier molecular flexibility index (Phi) is 10.9. The smallest absolute Gasteiger partial charge is 0.225 e. The monoisotopic (exact) mass is 640 g/mol. The van der Waals surface area contributed by atoms with Crippen molar-refractivity contribution in [2.45, 2.75) is 154 Å². The van der Waals surface area contributed by atoms with Gasteiger partial charge in [0.15, 0.2) is 18.2 Å². The zero-order valence-electron chi connectivity index (χ0n) is 28.8. The van der Waals surface area contributed by atoms with Crippen molar-refractivity contribution in [2.75, 3.05) is 13.9 Å². The van der Waals surface area contributed by atoms with Gasteiger partial charge in [0.2, 0.25) is 5.50 Å². The molecule has 4 rings (SSSR count). The number of halogens is 1. The maximum atomic E-state index is 16.0. The van der Waals surface area contributed by atoms with Crippen LogP contribution in [0.5, 0.6) is 0 Å². The van der Waals surface area contributed by atoms with Crippen molar-refractivity contribution in [3.05, 3.63) is 22.8 Å². The Hall–Kier alpha value is -0.543. The molecule has 4 aliphatic rings. The second-order valence-electron chi connectivity index (χ2n) is 16.4. The number of methoxy groups -OCH3 is 1. The van der Waals surface area contributed by atoms with Crippen LogP contribution in [0.25, 0.3) is 0 Å². The highest BCUT2D eigenvalue weighted by Crippen LogP contribution is 2.60. The van der Waals surface area contributed by atoms with Crippen LogP contribution < -0.4 is 0 Å². The van der Waals surface area contributed by atoms with Gasteiger partial charge in [-0.15, -0.1) is 0 Å². The fourth-order valence-electron chi connectivity index (χ4n) is 8.74. The molecule has 0 aromatic heterocycles. The minimum absolute atomic E-state index is 0.00773. The normalized spacial score (nSPS) is 36.3. The van der Waals surface area contributed by atoms with Gasteiger partial charge >= 0.3 is 0 Å². The number of ether oxygens (including phenoxy) is 2. The number of allylic oxidation sites excluding steroid dienone is 1. The lowest BCUT2D eigenvalue weighted by Crippen LogP contribution is -2.46. The summed E-state index contributed by atoms with van der Waals surface area (Å²) in [5.74, 6) is 2.43. The molecule has 0 spiro atoms. The van der Waals surface area contributed by atoms with Crippen molar-refractivity contribution in [1.82, 2.24) is 0 Å². The Labute approximate surface area is 263 Å². The van der Waals surface area contributed by atoms with E-state index >= 15 is 4.39 Å². The van der Waals surface area contributed by atoms with E-state index in [9.17, 15) is 8.42 Å². The summed E-state index contributed by atoms with van der Waals surface area (Å²) in [6.45, 7) is 20.5. The van der Waals surface area contributed by atoms with Gasteiger partial charge in [0, 0.05) is 19.1 Å². The van der Waals surface area contributed by atoms with Gasteiger partial charge in [-0.1, -0.05) is 79.4 Å². The summed E-state index contributed by atoms with van der Waals surface area (Å²) in [6.07, 6.45) is 11.3. The van der Waals surface area contributed by atoms with Crippen LogP contribution in [0.2, 0.25) is 18.1 Å². The molecule has 0 radical (unpaired) electrons. The van der Waals surface area contributed by atoms with E-state index in [1.54, 1.807) is 0 Å². The van der Waals surface area contributed by atoms with Crippen molar-refractivity contribution < 1.29 is 26.7 Å². The van der Waals surface area contributed by atoms with Crippen LogP contribution in [0, 0.1) is 29.1 Å². The molecule has 5 nitrogen and oxygen atoms in total. The van der Waals surface area contributed by atoms with Crippen LogP contribution >= 0.6 is 0 Å². The quantitative estimate of drug-likeness (QED) is 0.128. The van der Waals surface area contributed by atoms with Crippen LogP contribution in [0.15, 0.2) is 22.8 Å². The van der Waals surface area contributed by atoms with Crippen LogP contribution in [0.3, 0.4) is 0 Å². The zero-order valence-corrected chi connectivity index (χ0v) is 30.6. The summed E-state index contributed by atoms with van der Waals surface area (Å²) in [6, 6.07) is 0. The molecular weight excluding hydrogens is 580 g/mol. The van der Waals surface area contributed by atoms with Crippen molar-refractivity contribution in [1.29, 1.82) is 0 Å². The van der Waals surface area contributed by atoms with E-state index in [-0.39, 0.29) is 23.4 Å². The highest BCUT2D eigenvalue weighted by Gasteiger charge is 2.55. The molecule has 0 saturated heterocycles. The first kappa shape index (κ1) is 35.3. The molecule has 0 amide bonds. The summed E-state index contributed by atoms with van der Waals surface area (Å²) in [5, 5.41) is -0.926. The van der Waals surface area contributed by atoms with E-state index in [2.05, 4.69) is 61.6 Å². The average molecular weight is 641 g/mol. The second-order valence-corrected chi connectivity index (χ2v) is 23.3. The minimum Gasteiger partial charge on any atom is -0.414 e. The largest absolute Gasteiger partial charge is 0.414 e. The molecule has 2 saturated carbocycles. The van der Waals surface area contributed by atoms with Gasteiger partial charge in [-0.25, -0.2) is 12.8 Å². The predicted molar refractivity (Wildman–Crippen MR) is 177 cm³/mol. The summed E-state index contributed by atoms with van der Waals surface area (Å²) in [7, 11) is -4.69. The number of sulfone groups is 1. The lowest BCUT2D eigenvalue weighted by Gasteiger charge is -2.45. The van der Waals surface area contributed by atoms with Crippen LogP contribution in [0.4, 0.5) is 4.39 Å². The zero-order chi connectivity index (χ0) is 32.0. The molecule has 8 heteroatoms. The summed E-state index contributed by atoms with van der Waals surface area (Å²) in [4.78, 5) is 0. The van der Waals surface area contributed by atoms with E-state index in [1.807, 2.05) is 6.08 Å². The number of rotatable bonds is 11. The standard InChI is InChI=1S/C35H61FO5SSi/c1-23(2)13-11-14-24(3)28-16-17-29-25(15-12-18-35(28,29)7)19-31-27-20-26(41-43(9,10)34(4,5)6)21-30(40-22-39-8)32(27)33(36)42(31,37)38/h19,23-24,26,28-31,33H,11-18,20-22H2,1-10H3/b25-19+/t24-,26-,28-,29+,30+,31+,33-,35-/m1/s1. The molecule has 2 fully saturated rings. The lowest BCUT2D eigenvalue weighted by molar-refractivity contribution is -0.0752. The topological polar surface area (TPSA) is 61.8 Å². The third-order valence-corrected chi connectivity index (χ3v) is 18.6. The van der Waals surface area contributed by atoms with Gasteiger partial charge in [-0.3, -0.25) is 0 Å². The first-order valence-electron chi connectivity index (χ1n) is 17.0. The van der Waals surface area contributed by atoms with Crippen molar-refractivity contribution in [2.24, 2.45) is 29.1 Å². The molecule has 3 aliphatic carbocycles. The molecular formula is C35H61FO5SSi. The van der Waals surface area contributed by atoms with E-state index in [0.29, 0.717) is 41.7 Å². The Morgan fingerprint density at radius 2 is 1.84 bits per heavy atom. The van der Waals surface area contributed by atoms with Crippen LogP contribution in [0.1, 0.15) is 113 Å². The van der Waals surface area contributed by atoms with Crippen molar-refractivity contribution in [3.63, 3.8) is 0 Å². The van der Waals surface area contributed by atoms with E-state index < -0.39 is 35.0 Å². The Balaban J connectivity index is 1.65. The molecule has 0 aromatic rings. The van der Waals surface area contributed by atoms with Crippen molar-refractivity contribution in [3.8, 4) is 0 Å². The van der Waals surface area contributed by atoms with Gasteiger partial charge in [0.25, 0.3) is 0 Å². The predicted octanol–water partition coefficient (Wildman–Crippen LogP) is 9.15. The molecule has 248 valence electrons. The van der Waals surface area contributed by atoms with Crippen LogP contribution in [-0.2, 0) is 23.7 Å². The average Bonchev–Trinajstić information content (AvgIpc) is 3.34. The van der Waals surface area contributed by atoms with Gasteiger partial charge in [-0.05, 0) is 91.3 Å². The van der Waals surface area contributed by atoms with Gasteiger partial charge < -0.3 is 13.9 Å².